The third-order valence-electron chi connectivity index (χ3n) is 10.0. The van der Waals surface area contributed by atoms with Gasteiger partial charge < -0.3 is 18.8 Å². The number of aromatic hydroxyl groups is 1. The second kappa shape index (κ2) is 18.3. The average Bonchev–Trinajstić information content (AvgIpc) is 3.30. The number of anilines is 1. The largest absolute Gasteiger partial charge is 1.00 e. The summed E-state index contributed by atoms with van der Waals surface area (Å²) in [5, 5.41) is 11.1. The molecule has 0 fully saturated rings. The summed E-state index contributed by atoms with van der Waals surface area (Å²) in [5.41, 5.74) is -0.645. The zero-order valence-corrected chi connectivity index (χ0v) is 35.8. The van der Waals surface area contributed by atoms with E-state index in [1.54, 1.807) is 30.6 Å². The van der Waals surface area contributed by atoms with Crippen LogP contribution in [0.5, 0.6) is 5.95 Å². The molecular formula is C39H49N2NaO11S2+2. The van der Waals surface area contributed by atoms with Crippen LogP contribution < -0.4 is 45.5 Å². The monoisotopic (exact) mass is 808 g/mol. The Balaban J connectivity index is 0.00000673. The van der Waals surface area contributed by atoms with Crippen LogP contribution in [0.4, 0.5) is 11.4 Å². The molecule has 0 unspecified atom stereocenters. The molecule has 0 amide bonds. The minimum absolute atomic E-state index is 0. The van der Waals surface area contributed by atoms with Crippen LogP contribution in [0.3, 0.4) is 0 Å². The summed E-state index contributed by atoms with van der Waals surface area (Å²) in [7, 11) is -8.84. The molecule has 3 heterocycles. The predicted molar refractivity (Wildman–Crippen MR) is 210 cm³/mol. The molecule has 55 heavy (non-hydrogen) atoms. The quantitative estimate of drug-likeness (QED) is 0.0325. The van der Waals surface area contributed by atoms with Crippen LogP contribution in [0.2, 0.25) is 0 Å². The molecule has 13 nitrogen and oxygen atoms in total. The van der Waals surface area contributed by atoms with Crippen molar-refractivity contribution in [2.75, 3.05) is 30.3 Å². The summed E-state index contributed by atoms with van der Waals surface area (Å²) in [4.78, 5) is 29.2. The molecule has 16 heteroatoms. The van der Waals surface area contributed by atoms with Crippen LogP contribution in [0.15, 0.2) is 65.8 Å². The van der Waals surface area contributed by atoms with E-state index in [9.17, 15) is 40.6 Å². The van der Waals surface area contributed by atoms with Crippen LogP contribution in [0.1, 0.15) is 96.6 Å². The van der Waals surface area contributed by atoms with Gasteiger partial charge in [-0.3, -0.25) is 13.9 Å². The van der Waals surface area contributed by atoms with Crippen LogP contribution in [-0.2, 0) is 25.7 Å². The van der Waals surface area contributed by atoms with Crippen molar-refractivity contribution in [3.8, 4) is 5.95 Å². The van der Waals surface area contributed by atoms with Gasteiger partial charge in [-0.2, -0.15) is 21.4 Å². The van der Waals surface area contributed by atoms with Crippen molar-refractivity contribution in [2.45, 2.75) is 95.8 Å². The Bertz CT molecular complexity index is 2440. The second-order valence-electron chi connectivity index (χ2n) is 14.3. The Morgan fingerprint density at radius 1 is 0.836 bits per heavy atom. The van der Waals surface area contributed by atoms with Crippen molar-refractivity contribution < 1.29 is 74.0 Å². The van der Waals surface area contributed by atoms with Gasteiger partial charge in [0.25, 0.3) is 26.2 Å². The van der Waals surface area contributed by atoms with Crippen LogP contribution in [0, 0.1) is 0 Å². The molecule has 292 valence electrons. The summed E-state index contributed by atoms with van der Waals surface area (Å²) in [6.45, 7) is 9.62. The Morgan fingerprint density at radius 2 is 1.49 bits per heavy atom. The smallest absolute Gasteiger partial charge is 0.480 e. The summed E-state index contributed by atoms with van der Waals surface area (Å²) >= 11 is 0. The van der Waals surface area contributed by atoms with Gasteiger partial charge in [0.05, 0.1) is 21.4 Å². The standard InChI is InChI=1S/C39H48N2O11S2.Na/c1-5-7-9-11-20-40(21-12-10-8-6-2)26-14-16-28-32(24-26)51-38(44)34-35(42)29(37(43)52-36(28)34)17-19-33-39(3,4)30-25-27(54(48,49)50)15-18-31(30)41(33)22-13-23-53(45,46)47;/h14-19,24-25H,5-13,20-23H2,1-4H3,(H2,45,46,47,48,49,50);/q;+1/p+1. The van der Waals surface area contributed by atoms with E-state index in [4.69, 9.17) is 8.83 Å². The van der Waals surface area contributed by atoms with Crippen LogP contribution in [0.25, 0.3) is 28.0 Å². The van der Waals surface area contributed by atoms with Gasteiger partial charge >= 0.3 is 35.2 Å². The Kier molecular flexibility index (Phi) is 14.8. The SMILES string of the molecule is CCCCCCN(CCCCCC)c1ccc2c(c1)oc(=O)c1c(=O)c(C=CC3=[N+](CCCS(=O)(=O)O)c4ccc(S(=O)(=O)O)cc4C3(C)C)c(O)oc12.[Na+]. The molecule has 2 aromatic carbocycles. The van der Waals surface area contributed by atoms with Crippen molar-refractivity contribution in [3.63, 3.8) is 0 Å². The van der Waals surface area contributed by atoms with E-state index >= 15 is 0 Å². The van der Waals surface area contributed by atoms with Gasteiger partial charge in [-0.25, -0.2) is 4.79 Å². The molecule has 1 aliphatic heterocycles. The maximum Gasteiger partial charge on any atom is 1.00 e. The predicted octanol–water partition coefficient (Wildman–Crippen LogP) is 4.19. The van der Waals surface area contributed by atoms with Gasteiger partial charge in [0.1, 0.15) is 17.7 Å². The van der Waals surface area contributed by atoms with Crippen molar-refractivity contribution in [1.82, 2.24) is 0 Å². The minimum atomic E-state index is -4.56. The first-order valence-corrected chi connectivity index (χ1v) is 21.4. The molecule has 5 rings (SSSR count). The summed E-state index contributed by atoms with van der Waals surface area (Å²) in [6.07, 6.45) is 11.6. The zero-order valence-electron chi connectivity index (χ0n) is 32.1. The molecular weight excluding hydrogens is 760 g/mol. The molecule has 2 aromatic heterocycles. The molecule has 4 aromatic rings. The second-order valence-corrected chi connectivity index (χ2v) is 17.3. The van der Waals surface area contributed by atoms with Gasteiger partial charge in [0.2, 0.25) is 11.1 Å². The molecule has 0 spiro atoms. The van der Waals surface area contributed by atoms with Crippen molar-refractivity contribution in [2.24, 2.45) is 0 Å². The Hall–Kier alpha value is -3.31. The summed E-state index contributed by atoms with van der Waals surface area (Å²) < 4.78 is 79.2. The summed E-state index contributed by atoms with van der Waals surface area (Å²) in [5.74, 6) is -1.29. The van der Waals surface area contributed by atoms with Crippen LogP contribution in [-0.4, -0.2) is 66.7 Å². The molecule has 0 radical (unpaired) electrons. The average molecular weight is 809 g/mol. The topological polar surface area (TPSA) is 196 Å². The first-order chi connectivity index (χ1) is 25.5. The van der Waals surface area contributed by atoms with Gasteiger partial charge in [0, 0.05) is 49.0 Å². The molecule has 0 aliphatic carbocycles. The molecule has 1 aliphatic rings. The van der Waals surface area contributed by atoms with Crippen molar-refractivity contribution in [3.05, 3.63) is 74.2 Å². The Labute approximate surface area is 343 Å². The van der Waals surface area contributed by atoms with Crippen molar-refractivity contribution in [1.29, 1.82) is 0 Å². The fourth-order valence-corrected chi connectivity index (χ4v) is 8.14. The third kappa shape index (κ3) is 10.2. The van der Waals surface area contributed by atoms with E-state index in [0.29, 0.717) is 22.3 Å². The maximum absolute atomic E-state index is 13.9. The van der Waals surface area contributed by atoms with Gasteiger partial charge in [-0.1, -0.05) is 52.4 Å². The molecule has 3 N–H and O–H groups in total. The number of nitrogens with zero attached hydrogens (tertiary/aromatic N) is 2. The van der Waals surface area contributed by atoms with E-state index in [2.05, 4.69) is 18.7 Å². The number of rotatable bonds is 18. The zero-order chi connectivity index (χ0) is 39.4. The number of fused-ring (bicyclic) bond motifs is 4. The maximum atomic E-state index is 13.9. The van der Waals surface area contributed by atoms with Gasteiger partial charge in [-0.15, -0.1) is 0 Å². The first kappa shape index (κ1) is 44.4. The minimum Gasteiger partial charge on any atom is -0.480 e. The summed E-state index contributed by atoms with van der Waals surface area (Å²) in [6, 6.07) is 9.37. The van der Waals surface area contributed by atoms with Crippen molar-refractivity contribution >= 4 is 65.3 Å². The van der Waals surface area contributed by atoms with Gasteiger partial charge in [-0.05, 0) is 57.0 Å². The van der Waals surface area contributed by atoms with E-state index in [1.165, 1.54) is 30.4 Å². The van der Waals surface area contributed by atoms with E-state index in [-0.39, 0.29) is 69.5 Å². The van der Waals surface area contributed by atoms with Gasteiger partial charge in [0.15, 0.2) is 16.7 Å². The Morgan fingerprint density at radius 3 is 2.09 bits per heavy atom. The number of allylic oxidation sites excluding steroid dienone is 1. The fraction of sp³-hybridized carbons (Fsp3) is 0.462. The fourth-order valence-electron chi connectivity index (χ4n) is 7.14. The number of hydrogen-bond donors (Lipinski definition) is 3. The molecule has 0 atom stereocenters. The molecule has 0 bridgehead atoms. The molecule has 0 saturated carbocycles. The van der Waals surface area contributed by atoms with Crippen LogP contribution >= 0.6 is 0 Å². The van der Waals surface area contributed by atoms with E-state index < -0.39 is 48.4 Å². The number of hydrogen-bond acceptors (Lipinski definition) is 10. The first-order valence-electron chi connectivity index (χ1n) is 18.4. The third-order valence-corrected chi connectivity index (χ3v) is 11.7. The number of unbranched alkanes of at least 4 members (excludes halogenated alkanes) is 6. The number of benzene rings is 2. The van der Waals surface area contributed by atoms with E-state index in [0.717, 1.165) is 70.1 Å². The normalized spacial score (nSPS) is 14.2. The van der Waals surface area contributed by atoms with E-state index in [1.807, 2.05) is 6.07 Å². The molecule has 0 saturated heterocycles.